The van der Waals surface area contributed by atoms with Gasteiger partial charge in [-0.15, -0.1) is 0 Å². The third kappa shape index (κ3) is 4.49. The number of benzene rings is 2. The van der Waals surface area contributed by atoms with E-state index in [-0.39, 0.29) is 11.7 Å². The highest BCUT2D eigenvalue weighted by molar-refractivity contribution is 5.98. The lowest BCUT2D eigenvalue weighted by molar-refractivity contribution is 0.0916. The number of ether oxygens (including phenoxy) is 1. The van der Waals surface area contributed by atoms with Crippen molar-refractivity contribution in [2.75, 3.05) is 31.2 Å². The molecule has 2 aromatic rings. The van der Waals surface area contributed by atoms with Crippen molar-refractivity contribution < 1.29 is 9.53 Å². The van der Waals surface area contributed by atoms with Crippen LogP contribution in [0.4, 0.5) is 5.69 Å². The fourth-order valence-electron chi connectivity index (χ4n) is 3.32. The molecule has 0 aliphatic carbocycles. The van der Waals surface area contributed by atoms with Gasteiger partial charge in [0.2, 0.25) is 0 Å². The number of hydrogen-bond acceptors (Lipinski definition) is 3. The van der Waals surface area contributed by atoms with E-state index in [2.05, 4.69) is 55.1 Å². The molecular formula is C22H27NO2. The van der Waals surface area contributed by atoms with Gasteiger partial charge in [0, 0.05) is 30.3 Å². The maximum atomic E-state index is 12.9. The molecule has 0 saturated carbocycles. The number of anilines is 1. The molecule has 0 N–H and O–H groups in total. The standard InChI is InChI=1S/C22H27NO2/c1-3-19(16-18-6-4-17(2)5-7-18)22(24)20-8-10-21(11-9-20)23-12-14-25-15-13-23/h4-11,19H,3,12-16H2,1-2H3. The van der Waals surface area contributed by atoms with Gasteiger partial charge in [-0.2, -0.15) is 0 Å². The van der Waals surface area contributed by atoms with Crippen molar-refractivity contribution in [1.29, 1.82) is 0 Å². The molecule has 0 radical (unpaired) electrons. The summed E-state index contributed by atoms with van der Waals surface area (Å²) in [4.78, 5) is 15.2. The Hall–Kier alpha value is -2.13. The lowest BCUT2D eigenvalue weighted by atomic mass is 9.89. The summed E-state index contributed by atoms with van der Waals surface area (Å²) in [5, 5.41) is 0. The zero-order chi connectivity index (χ0) is 17.6. The highest BCUT2D eigenvalue weighted by Crippen LogP contribution is 2.22. The van der Waals surface area contributed by atoms with E-state index in [9.17, 15) is 4.79 Å². The van der Waals surface area contributed by atoms with Gasteiger partial charge in [0.15, 0.2) is 5.78 Å². The highest BCUT2D eigenvalue weighted by Gasteiger charge is 2.19. The van der Waals surface area contributed by atoms with Crippen LogP contribution in [0.1, 0.15) is 34.8 Å². The monoisotopic (exact) mass is 337 g/mol. The van der Waals surface area contributed by atoms with Crippen LogP contribution in [0.3, 0.4) is 0 Å². The molecule has 0 bridgehead atoms. The van der Waals surface area contributed by atoms with Crippen LogP contribution < -0.4 is 4.90 Å². The van der Waals surface area contributed by atoms with Gasteiger partial charge in [0.1, 0.15) is 0 Å². The minimum absolute atomic E-state index is 0.0388. The van der Waals surface area contributed by atoms with Crippen LogP contribution in [-0.2, 0) is 11.2 Å². The molecule has 0 spiro atoms. The van der Waals surface area contributed by atoms with Crippen molar-refractivity contribution in [3.8, 4) is 0 Å². The second kappa shape index (κ2) is 8.30. The molecule has 132 valence electrons. The molecule has 1 aliphatic rings. The molecule has 1 atom stereocenters. The normalized spacial score (nSPS) is 15.8. The third-order valence-corrected chi connectivity index (χ3v) is 4.99. The molecule has 1 aliphatic heterocycles. The largest absolute Gasteiger partial charge is 0.378 e. The summed E-state index contributed by atoms with van der Waals surface area (Å²) in [6.45, 7) is 7.56. The molecule has 3 nitrogen and oxygen atoms in total. The SMILES string of the molecule is CCC(Cc1ccc(C)cc1)C(=O)c1ccc(N2CCOCC2)cc1. The Morgan fingerprint density at radius 2 is 1.68 bits per heavy atom. The van der Waals surface area contributed by atoms with E-state index in [1.54, 1.807) is 0 Å². The maximum absolute atomic E-state index is 12.9. The number of nitrogens with zero attached hydrogens (tertiary/aromatic N) is 1. The van der Waals surface area contributed by atoms with Gasteiger partial charge in [0.05, 0.1) is 13.2 Å². The van der Waals surface area contributed by atoms with E-state index in [1.165, 1.54) is 16.8 Å². The predicted molar refractivity (Wildman–Crippen MR) is 102 cm³/mol. The molecule has 2 aromatic carbocycles. The van der Waals surface area contributed by atoms with Crippen LogP contribution in [0.2, 0.25) is 0 Å². The number of rotatable bonds is 6. The summed E-state index contributed by atoms with van der Waals surface area (Å²) in [6, 6.07) is 16.6. The molecule has 1 unspecified atom stereocenters. The Kier molecular flexibility index (Phi) is 5.87. The first-order chi connectivity index (χ1) is 12.2. The topological polar surface area (TPSA) is 29.5 Å². The number of morpholine rings is 1. The minimum Gasteiger partial charge on any atom is -0.378 e. The number of ketones is 1. The first-order valence-corrected chi connectivity index (χ1v) is 9.20. The minimum atomic E-state index is 0.0388. The Labute approximate surface area is 150 Å². The zero-order valence-electron chi connectivity index (χ0n) is 15.2. The molecule has 1 fully saturated rings. The van der Waals surface area contributed by atoms with E-state index in [4.69, 9.17) is 4.74 Å². The lowest BCUT2D eigenvalue weighted by Gasteiger charge is -2.29. The van der Waals surface area contributed by atoms with Crippen molar-refractivity contribution in [2.45, 2.75) is 26.7 Å². The lowest BCUT2D eigenvalue weighted by Crippen LogP contribution is -2.36. The van der Waals surface area contributed by atoms with Gasteiger partial charge in [-0.05, 0) is 49.6 Å². The number of hydrogen-bond donors (Lipinski definition) is 0. The molecule has 1 saturated heterocycles. The summed E-state index contributed by atoms with van der Waals surface area (Å²) >= 11 is 0. The summed E-state index contributed by atoms with van der Waals surface area (Å²) in [7, 11) is 0. The summed E-state index contributed by atoms with van der Waals surface area (Å²) in [5.41, 5.74) is 4.47. The van der Waals surface area contributed by atoms with Crippen molar-refractivity contribution in [3.63, 3.8) is 0 Å². The van der Waals surface area contributed by atoms with Crippen LogP contribution in [0.15, 0.2) is 48.5 Å². The van der Waals surface area contributed by atoms with Crippen molar-refractivity contribution in [2.24, 2.45) is 5.92 Å². The number of carbonyl (C=O) groups excluding carboxylic acids is 1. The first-order valence-electron chi connectivity index (χ1n) is 9.20. The first kappa shape index (κ1) is 17.7. The second-order valence-corrected chi connectivity index (χ2v) is 6.81. The van der Waals surface area contributed by atoms with Gasteiger partial charge in [-0.3, -0.25) is 4.79 Å². The van der Waals surface area contributed by atoms with Crippen LogP contribution in [0, 0.1) is 12.8 Å². The maximum Gasteiger partial charge on any atom is 0.166 e. The molecular weight excluding hydrogens is 310 g/mol. The summed E-state index contributed by atoms with van der Waals surface area (Å²) in [6.07, 6.45) is 1.67. The Morgan fingerprint density at radius 1 is 1.04 bits per heavy atom. The van der Waals surface area contributed by atoms with Crippen LogP contribution in [0.5, 0.6) is 0 Å². The average Bonchev–Trinajstić information content (AvgIpc) is 2.68. The van der Waals surface area contributed by atoms with Gasteiger partial charge < -0.3 is 9.64 Å². The average molecular weight is 337 g/mol. The molecule has 3 rings (SSSR count). The van der Waals surface area contributed by atoms with Gasteiger partial charge in [0.25, 0.3) is 0 Å². The second-order valence-electron chi connectivity index (χ2n) is 6.81. The number of Topliss-reactive ketones (excluding diaryl/α,β-unsaturated/α-hetero) is 1. The van der Waals surface area contributed by atoms with E-state index in [0.29, 0.717) is 0 Å². The number of aryl methyl sites for hydroxylation is 1. The fourth-order valence-corrected chi connectivity index (χ4v) is 3.32. The molecule has 0 aromatic heterocycles. The van der Waals surface area contributed by atoms with Gasteiger partial charge >= 0.3 is 0 Å². The Balaban J connectivity index is 1.68. The van der Waals surface area contributed by atoms with Crippen molar-refractivity contribution >= 4 is 11.5 Å². The van der Waals surface area contributed by atoms with Crippen LogP contribution in [0.25, 0.3) is 0 Å². The third-order valence-electron chi connectivity index (χ3n) is 4.99. The fraction of sp³-hybridized carbons (Fsp3) is 0.409. The summed E-state index contributed by atoms with van der Waals surface area (Å²) < 4.78 is 5.40. The summed E-state index contributed by atoms with van der Waals surface area (Å²) in [5.74, 6) is 0.286. The van der Waals surface area contributed by atoms with Gasteiger partial charge in [-0.1, -0.05) is 36.8 Å². The highest BCUT2D eigenvalue weighted by atomic mass is 16.5. The van der Waals surface area contributed by atoms with Crippen LogP contribution in [-0.4, -0.2) is 32.1 Å². The Morgan fingerprint density at radius 3 is 2.28 bits per heavy atom. The Bertz CT molecular complexity index is 685. The van der Waals surface area contributed by atoms with Gasteiger partial charge in [-0.25, -0.2) is 0 Å². The zero-order valence-corrected chi connectivity index (χ0v) is 15.2. The van der Waals surface area contributed by atoms with Crippen molar-refractivity contribution in [3.05, 3.63) is 65.2 Å². The quantitative estimate of drug-likeness (QED) is 0.737. The van der Waals surface area contributed by atoms with E-state index in [1.807, 2.05) is 12.1 Å². The molecule has 1 heterocycles. The molecule has 25 heavy (non-hydrogen) atoms. The predicted octanol–water partition coefficient (Wildman–Crippen LogP) is 4.28. The smallest absolute Gasteiger partial charge is 0.166 e. The van der Waals surface area contributed by atoms with Crippen molar-refractivity contribution in [1.82, 2.24) is 0 Å². The molecule has 3 heteroatoms. The molecule has 0 amide bonds. The van der Waals surface area contributed by atoms with E-state index in [0.717, 1.165) is 44.7 Å². The van der Waals surface area contributed by atoms with Crippen LogP contribution >= 0.6 is 0 Å². The van der Waals surface area contributed by atoms with E-state index >= 15 is 0 Å². The number of carbonyl (C=O) groups is 1. The van der Waals surface area contributed by atoms with E-state index < -0.39 is 0 Å².